The van der Waals surface area contributed by atoms with Crippen LogP contribution < -0.4 is 26.0 Å². The number of imide groups is 1. The van der Waals surface area contributed by atoms with E-state index in [0.717, 1.165) is 4.90 Å². The number of rotatable bonds is 5. The van der Waals surface area contributed by atoms with E-state index in [2.05, 4.69) is 10.6 Å². The lowest BCUT2D eigenvalue weighted by molar-refractivity contribution is -0.130. The van der Waals surface area contributed by atoms with E-state index < -0.39 is 41.1 Å². The summed E-state index contributed by atoms with van der Waals surface area (Å²) in [5.41, 5.74) is 5.58. The van der Waals surface area contributed by atoms with Gasteiger partial charge in [-0.3, -0.25) is 24.5 Å². The first-order chi connectivity index (χ1) is 15.4. The highest BCUT2D eigenvalue weighted by molar-refractivity contribution is 6.25. The fourth-order valence-corrected chi connectivity index (χ4v) is 5.29. The zero-order chi connectivity index (χ0) is 22.6. The van der Waals surface area contributed by atoms with Crippen molar-refractivity contribution in [2.24, 2.45) is 17.6 Å². The molecule has 3 aliphatic rings. The van der Waals surface area contributed by atoms with Crippen molar-refractivity contribution >= 4 is 35.0 Å². The number of carbonyl (C=O) groups is 4. The van der Waals surface area contributed by atoms with Gasteiger partial charge in [-0.25, -0.2) is 4.90 Å². The number of primary amides is 1. The summed E-state index contributed by atoms with van der Waals surface area (Å²) < 4.78 is 5.17. The highest BCUT2D eigenvalue weighted by Crippen LogP contribution is 2.54. The lowest BCUT2D eigenvalue weighted by atomic mass is 9.76. The van der Waals surface area contributed by atoms with E-state index in [1.54, 1.807) is 48.5 Å². The molecule has 0 radical (unpaired) electrons. The largest absolute Gasteiger partial charge is 0.497 e. The average Bonchev–Trinajstić information content (AvgIpc) is 3.37. The molecule has 1 spiro atoms. The minimum Gasteiger partial charge on any atom is -0.497 e. The maximum absolute atomic E-state index is 13.7. The molecule has 2 aromatic rings. The Kier molecular flexibility index (Phi) is 4.52. The summed E-state index contributed by atoms with van der Waals surface area (Å²) in [6.45, 7) is 0. The Morgan fingerprint density at radius 1 is 1.09 bits per heavy atom. The first-order valence-electron chi connectivity index (χ1n) is 10.4. The van der Waals surface area contributed by atoms with Gasteiger partial charge in [-0.2, -0.15) is 0 Å². The predicted molar refractivity (Wildman–Crippen MR) is 115 cm³/mol. The summed E-state index contributed by atoms with van der Waals surface area (Å²) in [6, 6.07) is 13.2. The lowest BCUT2D eigenvalue weighted by Crippen LogP contribution is -2.53. The van der Waals surface area contributed by atoms with Crippen LogP contribution in [0.25, 0.3) is 0 Å². The van der Waals surface area contributed by atoms with Gasteiger partial charge in [0, 0.05) is 23.7 Å². The molecule has 2 saturated heterocycles. The minimum atomic E-state index is -1.39. The van der Waals surface area contributed by atoms with Crippen LogP contribution in [0.2, 0.25) is 0 Å². The lowest BCUT2D eigenvalue weighted by Gasteiger charge is -2.29. The Labute approximate surface area is 183 Å². The van der Waals surface area contributed by atoms with Crippen molar-refractivity contribution in [1.82, 2.24) is 5.32 Å². The van der Waals surface area contributed by atoms with E-state index in [0.29, 0.717) is 22.7 Å². The second-order valence-corrected chi connectivity index (χ2v) is 8.28. The Hall–Kier alpha value is -3.72. The van der Waals surface area contributed by atoms with Gasteiger partial charge in [-0.1, -0.05) is 18.2 Å². The van der Waals surface area contributed by atoms with E-state index in [4.69, 9.17) is 10.5 Å². The molecule has 4 atom stereocenters. The van der Waals surface area contributed by atoms with Crippen molar-refractivity contribution in [3.05, 3.63) is 54.1 Å². The highest BCUT2D eigenvalue weighted by atomic mass is 16.5. The first kappa shape index (κ1) is 20.2. The predicted octanol–water partition coefficient (Wildman–Crippen LogP) is 0.886. The smallest absolute Gasteiger partial charge is 0.250 e. The number of carbonyl (C=O) groups excluding carboxylic acids is 4. The van der Waals surface area contributed by atoms with Gasteiger partial charge in [0.25, 0.3) is 0 Å². The number of benzene rings is 2. The molecule has 32 heavy (non-hydrogen) atoms. The van der Waals surface area contributed by atoms with E-state index in [9.17, 15) is 19.2 Å². The molecular weight excluding hydrogens is 412 g/mol. The fraction of sp³-hybridized carbons (Fsp3) is 0.304. The van der Waals surface area contributed by atoms with Crippen LogP contribution in [0.4, 0.5) is 11.4 Å². The average molecular weight is 434 g/mol. The molecule has 0 saturated carbocycles. The van der Waals surface area contributed by atoms with Gasteiger partial charge in [0.1, 0.15) is 11.3 Å². The molecule has 164 valence electrons. The number of hydrogen-bond acceptors (Lipinski definition) is 6. The van der Waals surface area contributed by atoms with Crippen LogP contribution in [0.5, 0.6) is 5.75 Å². The topological polar surface area (TPSA) is 131 Å². The van der Waals surface area contributed by atoms with Gasteiger partial charge in [0.15, 0.2) is 0 Å². The molecule has 0 aliphatic carbocycles. The first-order valence-corrected chi connectivity index (χ1v) is 10.4. The normalized spacial score (nSPS) is 28.1. The van der Waals surface area contributed by atoms with Crippen molar-refractivity contribution in [1.29, 1.82) is 0 Å². The van der Waals surface area contributed by atoms with Crippen LogP contribution in [0.1, 0.15) is 18.4 Å². The van der Waals surface area contributed by atoms with Crippen molar-refractivity contribution in [2.45, 2.75) is 24.4 Å². The Morgan fingerprint density at radius 2 is 1.81 bits per heavy atom. The van der Waals surface area contributed by atoms with E-state index >= 15 is 0 Å². The SMILES string of the molecule is COc1ccc(N2C(=O)C3C(CCC(N)=O)NC4(C(=O)Nc5ccccc54)C3C2=O)cc1. The van der Waals surface area contributed by atoms with E-state index in [1.807, 2.05) is 0 Å². The molecule has 5 rings (SSSR count). The monoisotopic (exact) mass is 434 g/mol. The summed E-state index contributed by atoms with van der Waals surface area (Å²) in [6.07, 6.45) is 0.271. The van der Waals surface area contributed by atoms with Crippen LogP contribution in [0.15, 0.2) is 48.5 Å². The molecule has 9 nitrogen and oxygen atoms in total. The highest BCUT2D eigenvalue weighted by Gasteiger charge is 2.70. The van der Waals surface area contributed by atoms with Gasteiger partial charge in [0.2, 0.25) is 23.6 Å². The summed E-state index contributed by atoms with van der Waals surface area (Å²) in [5.74, 6) is -2.90. The minimum absolute atomic E-state index is 0.0320. The van der Waals surface area contributed by atoms with Gasteiger partial charge in [-0.05, 0) is 36.8 Å². The van der Waals surface area contributed by atoms with Crippen LogP contribution in [0, 0.1) is 11.8 Å². The summed E-state index contributed by atoms with van der Waals surface area (Å²) in [7, 11) is 1.53. The molecule has 4 amide bonds. The standard InChI is InChI=1S/C23H22N4O5/c1-32-13-8-6-12(7-9-13)27-20(29)18-16(10-11-17(24)28)26-23(19(18)21(27)30)14-4-2-3-5-15(14)25-22(23)31/h2-9,16,18-19,26H,10-11H2,1H3,(H2,24,28)(H,25,31). The maximum Gasteiger partial charge on any atom is 0.250 e. The van der Waals surface area contributed by atoms with E-state index in [-0.39, 0.29) is 18.7 Å². The summed E-state index contributed by atoms with van der Waals surface area (Å²) in [4.78, 5) is 53.2. The second-order valence-electron chi connectivity index (χ2n) is 8.28. The number of hydrogen-bond donors (Lipinski definition) is 3. The van der Waals surface area contributed by atoms with Crippen LogP contribution in [0.3, 0.4) is 0 Å². The number of amides is 4. The Morgan fingerprint density at radius 3 is 2.50 bits per heavy atom. The van der Waals surface area contributed by atoms with Crippen LogP contribution in [-0.2, 0) is 24.7 Å². The number of ether oxygens (including phenoxy) is 1. The number of nitrogens with two attached hydrogens (primary N) is 1. The number of fused-ring (bicyclic) bond motifs is 4. The number of methoxy groups -OCH3 is 1. The van der Waals surface area contributed by atoms with Crippen molar-refractivity contribution in [2.75, 3.05) is 17.3 Å². The Bertz CT molecular complexity index is 1150. The fourth-order valence-electron chi connectivity index (χ4n) is 5.29. The quantitative estimate of drug-likeness (QED) is 0.599. The summed E-state index contributed by atoms with van der Waals surface area (Å²) >= 11 is 0. The van der Waals surface area contributed by atoms with Crippen LogP contribution in [-0.4, -0.2) is 36.8 Å². The van der Waals surface area contributed by atoms with Crippen molar-refractivity contribution in [3.63, 3.8) is 0 Å². The molecule has 4 unspecified atom stereocenters. The molecule has 3 aliphatic heterocycles. The third-order valence-electron chi connectivity index (χ3n) is 6.65. The number of para-hydroxylation sites is 1. The zero-order valence-corrected chi connectivity index (χ0v) is 17.3. The molecule has 2 fully saturated rings. The molecular formula is C23H22N4O5. The second kappa shape index (κ2) is 7.16. The number of nitrogens with one attached hydrogen (secondary N) is 2. The number of anilines is 2. The van der Waals surface area contributed by atoms with Gasteiger partial charge in [-0.15, -0.1) is 0 Å². The van der Waals surface area contributed by atoms with Gasteiger partial charge < -0.3 is 15.8 Å². The van der Waals surface area contributed by atoms with Gasteiger partial charge in [0.05, 0.1) is 24.6 Å². The molecule has 4 N–H and O–H groups in total. The van der Waals surface area contributed by atoms with Gasteiger partial charge >= 0.3 is 0 Å². The van der Waals surface area contributed by atoms with Crippen molar-refractivity contribution in [3.8, 4) is 5.75 Å². The maximum atomic E-state index is 13.7. The van der Waals surface area contributed by atoms with Crippen LogP contribution >= 0.6 is 0 Å². The molecule has 2 aromatic carbocycles. The van der Waals surface area contributed by atoms with Crippen molar-refractivity contribution < 1.29 is 23.9 Å². The third kappa shape index (κ3) is 2.67. The zero-order valence-electron chi connectivity index (χ0n) is 17.3. The number of nitrogens with zero attached hydrogens (tertiary/aromatic N) is 1. The Balaban J connectivity index is 1.61. The molecule has 0 aromatic heterocycles. The summed E-state index contributed by atoms with van der Waals surface area (Å²) in [5, 5.41) is 6.11. The van der Waals surface area contributed by atoms with E-state index in [1.165, 1.54) is 7.11 Å². The molecule has 0 bridgehead atoms. The third-order valence-corrected chi connectivity index (χ3v) is 6.65. The molecule has 9 heteroatoms. The molecule has 3 heterocycles.